The summed E-state index contributed by atoms with van der Waals surface area (Å²) in [4.78, 5) is 12.1. The van der Waals surface area contributed by atoms with E-state index in [9.17, 15) is 13.2 Å². The molecule has 0 aromatic heterocycles. The van der Waals surface area contributed by atoms with E-state index in [2.05, 4.69) is 20.8 Å². The predicted molar refractivity (Wildman–Crippen MR) is 98.5 cm³/mol. The lowest BCUT2D eigenvalue weighted by Crippen LogP contribution is -2.28. The van der Waals surface area contributed by atoms with Crippen molar-refractivity contribution in [2.75, 3.05) is 18.5 Å². The Balaban J connectivity index is 2.45. The van der Waals surface area contributed by atoms with Crippen molar-refractivity contribution >= 4 is 21.7 Å². The van der Waals surface area contributed by atoms with Crippen molar-refractivity contribution < 1.29 is 17.9 Å². The summed E-state index contributed by atoms with van der Waals surface area (Å²) in [6, 6.07) is 13.3. The molecule has 0 bridgehead atoms. The van der Waals surface area contributed by atoms with E-state index >= 15 is 0 Å². The summed E-state index contributed by atoms with van der Waals surface area (Å²) in [5, 5.41) is 0. The Labute approximate surface area is 149 Å². The van der Waals surface area contributed by atoms with Crippen LogP contribution in [0.4, 0.5) is 5.69 Å². The monoisotopic (exact) mass is 361 g/mol. The molecule has 6 heteroatoms. The lowest BCUT2D eigenvalue weighted by Gasteiger charge is -2.23. The van der Waals surface area contributed by atoms with Gasteiger partial charge in [-0.25, -0.2) is 13.2 Å². The van der Waals surface area contributed by atoms with Gasteiger partial charge in [0.1, 0.15) is 0 Å². The number of anilines is 1. The van der Waals surface area contributed by atoms with E-state index < -0.39 is 16.0 Å². The van der Waals surface area contributed by atoms with Crippen LogP contribution in [0.15, 0.2) is 53.4 Å². The largest absolute Gasteiger partial charge is 0.465 e. The minimum absolute atomic E-state index is 0.0638. The molecule has 0 unspecified atom stereocenters. The fourth-order valence-electron chi connectivity index (χ4n) is 2.45. The molecule has 0 aliphatic carbocycles. The first kappa shape index (κ1) is 19.0. The lowest BCUT2D eigenvalue weighted by atomic mass is 9.87. The summed E-state index contributed by atoms with van der Waals surface area (Å²) in [7, 11) is -1.10. The van der Waals surface area contributed by atoms with Gasteiger partial charge in [-0.2, -0.15) is 0 Å². The van der Waals surface area contributed by atoms with E-state index in [1.54, 1.807) is 30.3 Å². The average Bonchev–Trinajstić information content (AvgIpc) is 2.59. The normalized spacial score (nSPS) is 11.9. The Kier molecular flexibility index (Phi) is 5.23. The molecule has 0 saturated carbocycles. The van der Waals surface area contributed by atoms with Crippen molar-refractivity contribution in [1.29, 1.82) is 0 Å². The molecule has 0 aliphatic rings. The number of sulfonamides is 1. The van der Waals surface area contributed by atoms with E-state index in [-0.39, 0.29) is 21.6 Å². The molecule has 0 amide bonds. The van der Waals surface area contributed by atoms with Crippen LogP contribution < -0.4 is 4.31 Å². The number of methoxy groups -OCH3 is 1. The SMILES string of the molecule is COC(=O)c1ccccc1N(C)S(=O)(=O)c1ccc(C(C)(C)C)cc1. The van der Waals surface area contributed by atoms with Crippen LogP contribution in [0.3, 0.4) is 0 Å². The Bertz CT molecular complexity index is 865. The van der Waals surface area contributed by atoms with E-state index in [4.69, 9.17) is 4.74 Å². The summed E-state index contributed by atoms with van der Waals surface area (Å²) in [5.74, 6) is -0.583. The molecule has 0 atom stereocenters. The maximum Gasteiger partial charge on any atom is 0.340 e. The van der Waals surface area contributed by atoms with Crippen LogP contribution in [0, 0.1) is 0 Å². The quantitative estimate of drug-likeness (QED) is 0.781. The van der Waals surface area contributed by atoms with Gasteiger partial charge in [-0.05, 0) is 35.2 Å². The van der Waals surface area contributed by atoms with Gasteiger partial charge in [0.25, 0.3) is 10.0 Å². The van der Waals surface area contributed by atoms with Crippen molar-refractivity contribution in [1.82, 2.24) is 0 Å². The van der Waals surface area contributed by atoms with Gasteiger partial charge in [0.05, 0.1) is 23.3 Å². The highest BCUT2D eigenvalue weighted by Crippen LogP contribution is 2.28. The van der Waals surface area contributed by atoms with Crippen LogP contribution in [0.1, 0.15) is 36.7 Å². The van der Waals surface area contributed by atoms with Gasteiger partial charge in [0.2, 0.25) is 0 Å². The first-order chi connectivity index (χ1) is 11.6. The van der Waals surface area contributed by atoms with Crippen LogP contribution in [0.5, 0.6) is 0 Å². The van der Waals surface area contributed by atoms with Gasteiger partial charge >= 0.3 is 5.97 Å². The molecule has 134 valence electrons. The van der Waals surface area contributed by atoms with E-state index in [0.717, 1.165) is 9.87 Å². The number of rotatable bonds is 4. The highest BCUT2D eigenvalue weighted by atomic mass is 32.2. The molecule has 0 fully saturated rings. The third-order valence-electron chi connectivity index (χ3n) is 4.03. The molecule has 0 heterocycles. The highest BCUT2D eigenvalue weighted by molar-refractivity contribution is 7.92. The topological polar surface area (TPSA) is 63.7 Å². The molecular weight excluding hydrogens is 338 g/mol. The van der Waals surface area contributed by atoms with Crippen molar-refractivity contribution in [3.8, 4) is 0 Å². The number of nitrogens with zero attached hydrogens (tertiary/aromatic N) is 1. The summed E-state index contributed by atoms with van der Waals surface area (Å²) in [6.07, 6.45) is 0. The zero-order valence-electron chi connectivity index (χ0n) is 15.1. The molecule has 0 N–H and O–H groups in total. The number of hydrogen-bond donors (Lipinski definition) is 0. The minimum atomic E-state index is -3.79. The number of esters is 1. The maximum atomic E-state index is 12.9. The van der Waals surface area contributed by atoms with Crippen LogP contribution in [0.2, 0.25) is 0 Å². The van der Waals surface area contributed by atoms with Gasteiger partial charge < -0.3 is 4.74 Å². The molecule has 25 heavy (non-hydrogen) atoms. The second-order valence-corrected chi connectivity index (χ2v) is 8.72. The van der Waals surface area contributed by atoms with E-state index in [1.807, 2.05) is 12.1 Å². The van der Waals surface area contributed by atoms with Crippen molar-refractivity contribution in [2.24, 2.45) is 0 Å². The smallest absolute Gasteiger partial charge is 0.340 e. The minimum Gasteiger partial charge on any atom is -0.465 e. The lowest BCUT2D eigenvalue weighted by molar-refractivity contribution is 0.0601. The average molecular weight is 361 g/mol. The molecule has 0 spiro atoms. The fourth-order valence-corrected chi connectivity index (χ4v) is 3.66. The van der Waals surface area contributed by atoms with Gasteiger partial charge in [-0.1, -0.05) is 45.0 Å². The number of hydrogen-bond acceptors (Lipinski definition) is 4. The molecule has 0 radical (unpaired) electrons. The zero-order valence-corrected chi connectivity index (χ0v) is 15.9. The van der Waals surface area contributed by atoms with Crippen LogP contribution in [-0.2, 0) is 20.2 Å². The highest BCUT2D eigenvalue weighted by Gasteiger charge is 2.26. The van der Waals surface area contributed by atoms with Crippen molar-refractivity contribution in [2.45, 2.75) is 31.1 Å². The molecule has 2 rings (SSSR count). The molecule has 5 nitrogen and oxygen atoms in total. The van der Waals surface area contributed by atoms with Gasteiger partial charge in [-0.15, -0.1) is 0 Å². The second-order valence-electron chi connectivity index (χ2n) is 6.76. The number of para-hydroxylation sites is 1. The Morgan fingerprint density at radius 2 is 1.56 bits per heavy atom. The summed E-state index contributed by atoms with van der Waals surface area (Å²) in [5.41, 5.74) is 1.45. The Hall–Kier alpha value is -2.34. The maximum absolute atomic E-state index is 12.9. The fraction of sp³-hybridized carbons (Fsp3) is 0.316. The summed E-state index contributed by atoms with van der Waals surface area (Å²) in [6.45, 7) is 6.19. The standard InChI is InChI=1S/C19H23NO4S/c1-19(2,3)14-10-12-15(13-11-14)25(22,23)20(4)17-9-7-6-8-16(17)18(21)24-5/h6-13H,1-5H3. The third kappa shape index (κ3) is 3.85. The molecular formula is C19H23NO4S. The van der Waals surface area contributed by atoms with Gasteiger partial charge in [-0.3, -0.25) is 4.31 Å². The van der Waals surface area contributed by atoms with E-state index in [0.29, 0.717) is 0 Å². The molecule has 2 aromatic carbocycles. The van der Waals surface area contributed by atoms with Crippen LogP contribution >= 0.6 is 0 Å². The van der Waals surface area contributed by atoms with Gasteiger partial charge in [0.15, 0.2) is 0 Å². The number of carbonyl (C=O) groups is 1. The summed E-state index contributed by atoms with van der Waals surface area (Å²) >= 11 is 0. The Morgan fingerprint density at radius 3 is 2.08 bits per heavy atom. The van der Waals surface area contributed by atoms with Crippen LogP contribution in [0.25, 0.3) is 0 Å². The number of ether oxygens (including phenoxy) is 1. The predicted octanol–water partition coefficient (Wildman–Crippen LogP) is 3.60. The van der Waals surface area contributed by atoms with Crippen molar-refractivity contribution in [3.05, 3.63) is 59.7 Å². The van der Waals surface area contributed by atoms with Crippen molar-refractivity contribution in [3.63, 3.8) is 0 Å². The first-order valence-corrected chi connectivity index (χ1v) is 9.30. The summed E-state index contributed by atoms with van der Waals surface area (Å²) < 4.78 is 31.7. The number of benzene rings is 2. The van der Waals surface area contributed by atoms with Crippen LogP contribution in [-0.4, -0.2) is 28.5 Å². The number of carbonyl (C=O) groups excluding carboxylic acids is 1. The zero-order chi connectivity index (χ0) is 18.8. The molecule has 0 saturated heterocycles. The van der Waals surface area contributed by atoms with Gasteiger partial charge in [0, 0.05) is 7.05 Å². The molecule has 2 aromatic rings. The Morgan fingerprint density at radius 1 is 1.00 bits per heavy atom. The second kappa shape index (κ2) is 6.88. The third-order valence-corrected chi connectivity index (χ3v) is 5.81. The molecule has 0 aliphatic heterocycles. The first-order valence-electron chi connectivity index (χ1n) is 7.86. The van der Waals surface area contributed by atoms with E-state index in [1.165, 1.54) is 20.2 Å².